The van der Waals surface area contributed by atoms with E-state index in [-0.39, 0.29) is 18.0 Å². The number of hydrogen-bond donors (Lipinski definition) is 3. The van der Waals surface area contributed by atoms with Gasteiger partial charge in [-0.1, -0.05) is 45.0 Å². The number of hydrogen-bond acceptors (Lipinski definition) is 4. The standard InChI is InChI=1S/C22H28F2N2O2.ClH/c1-15(2)17-4-6-18(7-5-17)22(28,20(3)12-26-13-20)19-8-16(10-25-11-19)9-21(23,24)14-27;/h4-8,10-11,15,26-28H,9,12-14H2,1-3H3;1H/t22-;/m0./s1. The summed E-state index contributed by atoms with van der Waals surface area (Å²) in [7, 11) is 0. The van der Waals surface area contributed by atoms with Crippen LogP contribution in [0.25, 0.3) is 0 Å². The summed E-state index contributed by atoms with van der Waals surface area (Å²) >= 11 is 0. The van der Waals surface area contributed by atoms with E-state index in [1.54, 1.807) is 12.3 Å². The van der Waals surface area contributed by atoms with Crippen molar-refractivity contribution < 1.29 is 19.0 Å². The average Bonchev–Trinajstić information content (AvgIpc) is 2.65. The maximum Gasteiger partial charge on any atom is 0.274 e. The van der Waals surface area contributed by atoms with Gasteiger partial charge in [0.1, 0.15) is 12.2 Å². The van der Waals surface area contributed by atoms with E-state index < -0.39 is 30.0 Å². The molecule has 0 unspecified atom stereocenters. The molecule has 1 saturated heterocycles. The van der Waals surface area contributed by atoms with Crippen LogP contribution in [0.2, 0.25) is 0 Å². The van der Waals surface area contributed by atoms with Crippen LogP contribution in [0.3, 0.4) is 0 Å². The lowest BCUT2D eigenvalue weighted by atomic mass is 9.62. The summed E-state index contributed by atoms with van der Waals surface area (Å²) < 4.78 is 27.3. The highest BCUT2D eigenvalue weighted by molar-refractivity contribution is 5.85. The van der Waals surface area contributed by atoms with Gasteiger partial charge in [-0.05, 0) is 28.7 Å². The van der Waals surface area contributed by atoms with E-state index >= 15 is 0 Å². The Kier molecular flexibility index (Phi) is 7.05. The van der Waals surface area contributed by atoms with Crippen molar-refractivity contribution in [1.29, 1.82) is 0 Å². The zero-order valence-electron chi connectivity index (χ0n) is 17.0. The molecule has 0 aliphatic carbocycles. The van der Waals surface area contributed by atoms with Crippen LogP contribution < -0.4 is 5.32 Å². The second-order valence-corrected chi connectivity index (χ2v) is 8.42. The van der Waals surface area contributed by atoms with E-state index in [1.807, 2.05) is 31.2 Å². The van der Waals surface area contributed by atoms with Gasteiger partial charge in [-0.25, -0.2) is 8.78 Å². The molecule has 160 valence electrons. The molecular formula is C22H29ClF2N2O2. The molecule has 4 nitrogen and oxygen atoms in total. The van der Waals surface area contributed by atoms with Crippen LogP contribution >= 0.6 is 12.4 Å². The zero-order valence-corrected chi connectivity index (χ0v) is 17.8. The van der Waals surface area contributed by atoms with Gasteiger partial charge in [-0.15, -0.1) is 12.4 Å². The summed E-state index contributed by atoms with van der Waals surface area (Å²) in [6.45, 7) is 6.17. The second kappa shape index (κ2) is 8.64. The van der Waals surface area contributed by atoms with E-state index in [1.165, 1.54) is 6.20 Å². The lowest BCUT2D eigenvalue weighted by Crippen LogP contribution is -2.63. The first-order valence-corrected chi connectivity index (χ1v) is 9.58. The zero-order chi connectivity index (χ0) is 20.6. The number of pyridine rings is 1. The smallest absolute Gasteiger partial charge is 0.274 e. The molecular weight excluding hydrogens is 398 g/mol. The van der Waals surface area contributed by atoms with Crippen molar-refractivity contribution in [1.82, 2.24) is 10.3 Å². The van der Waals surface area contributed by atoms with E-state index in [0.717, 1.165) is 5.56 Å². The largest absolute Gasteiger partial charge is 0.390 e. The summed E-state index contributed by atoms with van der Waals surface area (Å²) in [4.78, 5) is 4.12. The van der Waals surface area contributed by atoms with Crippen LogP contribution in [0, 0.1) is 5.41 Å². The molecule has 1 atom stereocenters. The second-order valence-electron chi connectivity index (χ2n) is 8.42. The number of aromatic nitrogens is 1. The maximum atomic E-state index is 13.7. The van der Waals surface area contributed by atoms with Crippen molar-refractivity contribution in [2.24, 2.45) is 5.41 Å². The first-order valence-electron chi connectivity index (χ1n) is 9.58. The summed E-state index contributed by atoms with van der Waals surface area (Å²) in [5.41, 5.74) is 0.785. The number of aliphatic hydroxyl groups is 2. The molecule has 1 aromatic carbocycles. The maximum absolute atomic E-state index is 13.7. The predicted molar refractivity (Wildman–Crippen MR) is 112 cm³/mol. The van der Waals surface area contributed by atoms with Gasteiger partial charge in [0, 0.05) is 42.9 Å². The summed E-state index contributed by atoms with van der Waals surface area (Å²) in [5, 5.41) is 24.0. The van der Waals surface area contributed by atoms with Crippen molar-refractivity contribution >= 4 is 12.4 Å². The Morgan fingerprint density at radius 3 is 2.24 bits per heavy atom. The molecule has 0 saturated carbocycles. The van der Waals surface area contributed by atoms with Crippen molar-refractivity contribution in [2.45, 2.75) is 44.6 Å². The van der Waals surface area contributed by atoms with Crippen molar-refractivity contribution in [3.05, 3.63) is 65.0 Å². The van der Waals surface area contributed by atoms with E-state index in [2.05, 4.69) is 24.1 Å². The number of halogens is 3. The Balaban J connectivity index is 0.00000300. The van der Waals surface area contributed by atoms with Crippen LogP contribution in [0.15, 0.2) is 42.7 Å². The highest BCUT2D eigenvalue weighted by Crippen LogP contribution is 2.47. The Bertz CT molecular complexity index is 826. The molecule has 3 rings (SSSR count). The molecule has 1 aromatic heterocycles. The molecule has 0 amide bonds. The Hall–Kier alpha value is -1.60. The fraction of sp³-hybridized carbons (Fsp3) is 0.500. The Labute approximate surface area is 176 Å². The molecule has 0 radical (unpaired) electrons. The lowest BCUT2D eigenvalue weighted by molar-refractivity contribution is -0.0772. The van der Waals surface area contributed by atoms with Gasteiger partial charge in [-0.2, -0.15) is 0 Å². The van der Waals surface area contributed by atoms with Gasteiger partial charge in [0.05, 0.1) is 0 Å². The Morgan fingerprint density at radius 2 is 1.76 bits per heavy atom. The minimum atomic E-state index is -3.22. The number of aliphatic hydroxyl groups excluding tert-OH is 1. The topological polar surface area (TPSA) is 65.4 Å². The van der Waals surface area contributed by atoms with Gasteiger partial charge in [0.25, 0.3) is 5.92 Å². The third-order valence-corrected chi connectivity index (χ3v) is 5.81. The number of rotatable bonds is 7. The molecule has 2 aromatic rings. The van der Waals surface area contributed by atoms with Crippen LogP contribution in [-0.2, 0) is 12.0 Å². The van der Waals surface area contributed by atoms with Crippen LogP contribution in [0.4, 0.5) is 8.78 Å². The van der Waals surface area contributed by atoms with Gasteiger partial charge < -0.3 is 15.5 Å². The molecule has 1 aliphatic rings. The van der Waals surface area contributed by atoms with Gasteiger partial charge in [0.2, 0.25) is 0 Å². The number of alkyl halides is 2. The fourth-order valence-electron chi connectivity index (χ4n) is 3.87. The third-order valence-electron chi connectivity index (χ3n) is 5.81. The highest BCUT2D eigenvalue weighted by atomic mass is 35.5. The van der Waals surface area contributed by atoms with Crippen molar-refractivity contribution in [3.63, 3.8) is 0 Å². The fourth-order valence-corrected chi connectivity index (χ4v) is 3.87. The molecule has 1 fully saturated rings. The first kappa shape index (κ1) is 23.7. The minimum absolute atomic E-state index is 0. The normalized spacial score (nSPS) is 17.9. The monoisotopic (exact) mass is 426 g/mol. The van der Waals surface area contributed by atoms with Gasteiger partial charge in [0.15, 0.2) is 0 Å². The minimum Gasteiger partial charge on any atom is -0.390 e. The lowest BCUT2D eigenvalue weighted by Gasteiger charge is -2.52. The highest BCUT2D eigenvalue weighted by Gasteiger charge is 2.53. The number of nitrogens with one attached hydrogen (secondary N) is 1. The molecule has 2 heterocycles. The van der Waals surface area contributed by atoms with E-state index in [9.17, 15) is 13.9 Å². The van der Waals surface area contributed by atoms with E-state index in [4.69, 9.17) is 5.11 Å². The third kappa shape index (κ3) is 4.45. The summed E-state index contributed by atoms with van der Waals surface area (Å²) in [6, 6.07) is 9.40. The van der Waals surface area contributed by atoms with E-state index in [0.29, 0.717) is 30.1 Å². The summed E-state index contributed by atoms with van der Waals surface area (Å²) in [6.07, 6.45) is 2.28. The van der Waals surface area contributed by atoms with Crippen LogP contribution in [0.5, 0.6) is 0 Å². The Morgan fingerprint density at radius 1 is 1.14 bits per heavy atom. The summed E-state index contributed by atoms with van der Waals surface area (Å²) in [5.74, 6) is -2.85. The predicted octanol–water partition coefficient (Wildman–Crippen LogP) is 3.64. The molecule has 7 heteroatoms. The molecule has 0 bridgehead atoms. The van der Waals surface area contributed by atoms with Crippen LogP contribution in [0.1, 0.15) is 48.9 Å². The first-order chi connectivity index (χ1) is 13.1. The SMILES string of the molecule is CC(C)c1ccc([C@](O)(c2cncc(CC(F)(F)CO)c2)C2(C)CNC2)cc1.Cl. The molecule has 1 aliphatic heterocycles. The van der Waals surface area contributed by atoms with Gasteiger partial charge >= 0.3 is 0 Å². The quantitative estimate of drug-likeness (QED) is 0.632. The number of nitrogens with zero attached hydrogens (tertiary/aromatic N) is 1. The average molecular weight is 427 g/mol. The molecule has 3 N–H and O–H groups in total. The van der Waals surface area contributed by atoms with Gasteiger partial charge in [-0.3, -0.25) is 4.98 Å². The van der Waals surface area contributed by atoms with Crippen molar-refractivity contribution in [2.75, 3.05) is 19.7 Å². The van der Waals surface area contributed by atoms with Crippen LogP contribution in [-0.4, -0.2) is 40.8 Å². The molecule has 29 heavy (non-hydrogen) atoms. The number of benzene rings is 1. The van der Waals surface area contributed by atoms with Crippen molar-refractivity contribution in [3.8, 4) is 0 Å². The molecule has 0 spiro atoms.